The molecule has 1 aromatic rings. The third-order valence-corrected chi connectivity index (χ3v) is 4.16. The first-order valence-electron chi connectivity index (χ1n) is 6.43. The topological polar surface area (TPSA) is 81.7 Å². The number of carbonyl (C=O) groups is 1. The Kier molecular flexibility index (Phi) is 4.52. The van der Waals surface area contributed by atoms with E-state index in [1.54, 1.807) is 19.1 Å². The zero-order valence-corrected chi connectivity index (χ0v) is 12.6. The second kappa shape index (κ2) is 6.17. The number of hydrogen-bond donors (Lipinski definition) is 1. The van der Waals surface area contributed by atoms with Gasteiger partial charge in [-0.3, -0.25) is 4.79 Å². The molecule has 1 aromatic carbocycles. The van der Waals surface area contributed by atoms with Crippen LogP contribution < -0.4 is 5.32 Å². The minimum absolute atomic E-state index is 0.140. The summed E-state index contributed by atoms with van der Waals surface area (Å²) in [5.74, 6) is -0.227. The number of ether oxygens (including phenoxy) is 2. The molecule has 0 aliphatic carbocycles. The maximum atomic E-state index is 11.9. The zero-order chi connectivity index (χ0) is 15.5. The van der Waals surface area contributed by atoms with Gasteiger partial charge in [0, 0.05) is 6.26 Å². The number of hydrogen-bond acceptors (Lipinski definition) is 5. The van der Waals surface area contributed by atoms with Gasteiger partial charge in [-0.05, 0) is 24.6 Å². The highest BCUT2D eigenvalue weighted by molar-refractivity contribution is 7.90. The molecule has 7 heteroatoms. The molecule has 21 heavy (non-hydrogen) atoms. The summed E-state index contributed by atoms with van der Waals surface area (Å²) in [5, 5.41) is 2.76. The normalized spacial score (nSPS) is 16.2. The molecule has 0 bridgehead atoms. The lowest BCUT2D eigenvalue weighted by Crippen LogP contribution is -2.30. The fourth-order valence-electron chi connectivity index (χ4n) is 1.84. The number of benzene rings is 1. The highest BCUT2D eigenvalue weighted by Gasteiger charge is 2.18. The van der Waals surface area contributed by atoms with Gasteiger partial charge in [-0.15, -0.1) is 0 Å². The SMILES string of the molecule is CC(NC(=O)C1=COCCO1)c1ccc(S(C)(=O)=O)cc1. The molecule has 0 saturated heterocycles. The quantitative estimate of drug-likeness (QED) is 0.902. The summed E-state index contributed by atoms with van der Waals surface area (Å²) in [5.41, 5.74) is 0.799. The maximum Gasteiger partial charge on any atom is 0.290 e. The van der Waals surface area contributed by atoms with Crippen LogP contribution in [0.1, 0.15) is 18.5 Å². The molecular weight excluding hydrogens is 294 g/mol. The van der Waals surface area contributed by atoms with Gasteiger partial charge in [0.1, 0.15) is 19.5 Å². The molecule has 6 nitrogen and oxygen atoms in total. The van der Waals surface area contributed by atoms with Gasteiger partial charge < -0.3 is 14.8 Å². The highest BCUT2D eigenvalue weighted by Crippen LogP contribution is 2.17. The van der Waals surface area contributed by atoms with Crippen LogP contribution in [-0.4, -0.2) is 33.8 Å². The van der Waals surface area contributed by atoms with Crippen LogP contribution in [0.25, 0.3) is 0 Å². The lowest BCUT2D eigenvalue weighted by atomic mass is 10.1. The van der Waals surface area contributed by atoms with Crippen molar-refractivity contribution in [1.29, 1.82) is 0 Å². The highest BCUT2D eigenvalue weighted by atomic mass is 32.2. The Hall–Kier alpha value is -2.02. The van der Waals surface area contributed by atoms with E-state index in [0.717, 1.165) is 11.8 Å². The summed E-state index contributed by atoms with van der Waals surface area (Å²) >= 11 is 0. The number of amides is 1. The van der Waals surface area contributed by atoms with Crippen LogP contribution >= 0.6 is 0 Å². The molecule has 1 aliphatic heterocycles. The number of rotatable bonds is 4. The van der Waals surface area contributed by atoms with Gasteiger partial charge in [0.25, 0.3) is 5.91 Å². The second-order valence-electron chi connectivity index (χ2n) is 4.74. The standard InChI is InChI=1S/C14H17NO5S/c1-10(15-14(16)13-9-19-7-8-20-13)11-3-5-12(6-4-11)21(2,17)18/h3-6,9-10H,7-8H2,1-2H3,(H,15,16). The van der Waals surface area contributed by atoms with Crippen molar-refractivity contribution in [2.45, 2.75) is 17.9 Å². The summed E-state index contributed by atoms with van der Waals surface area (Å²) in [6.07, 6.45) is 2.44. The minimum Gasteiger partial charge on any atom is -0.494 e. The average molecular weight is 311 g/mol. The molecule has 1 heterocycles. The van der Waals surface area contributed by atoms with Gasteiger partial charge in [-0.1, -0.05) is 12.1 Å². The maximum absolute atomic E-state index is 11.9. The van der Waals surface area contributed by atoms with Crippen molar-refractivity contribution in [2.75, 3.05) is 19.5 Å². The molecule has 0 fully saturated rings. The molecule has 0 radical (unpaired) electrons. The third kappa shape index (κ3) is 3.98. The Bertz CT molecular complexity index is 648. The zero-order valence-electron chi connectivity index (χ0n) is 11.8. The predicted molar refractivity (Wildman–Crippen MR) is 76.1 cm³/mol. The van der Waals surface area contributed by atoms with Gasteiger partial charge >= 0.3 is 0 Å². The van der Waals surface area contributed by atoms with E-state index in [2.05, 4.69) is 5.32 Å². The average Bonchev–Trinajstić information content (AvgIpc) is 2.47. The summed E-state index contributed by atoms with van der Waals surface area (Å²) in [6, 6.07) is 6.11. The van der Waals surface area contributed by atoms with Crippen molar-refractivity contribution < 1.29 is 22.7 Å². The minimum atomic E-state index is -3.22. The molecule has 0 aromatic heterocycles. The molecule has 1 aliphatic rings. The van der Waals surface area contributed by atoms with Gasteiger partial charge in [0.2, 0.25) is 5.76 Å². The van der Waals surface area contributed by atoms with E-state index in [4.69, 9.17) is 9.47 Å². The first-order valence-corrected chi connectivity index (χ1v) is 8.32. The van der Waals surface area contributed by atoms with Crippen LogP contribution in [0.15, 0.2) is 41.2 Å². The van der Waals surface area contributed by atoms with Gasteiger partial charge in [0.15, 0.2) is 9.84 Å². The van der Waals surface area contributed by atoms with Gasteiger partial charge in [-0.25, -0.2) is 8.42 Å². The van der Waals surface area contributed by atoms with E-state index in [0.29, 0.717) is 13.2 Å². The van der Waals surface area contributed by atoms with E-state index in [-0.39, 0.29) is 22.6 Å². The number of nitrogens with one attached hydrogen (secondary N) is 1. The molecule has 1 N–H and O–H groups in total. The summed E-state index contributed by atoms with van der Waals surface area (Å²) in [4.78, 5) is 12.2. The van der Waals surface area contributed by atoms with E-state index in [9.17, 15) is 13.2 Å². The number of sulfone groups is 1. The molecule has 1 unspecified atom stereocenters. The predicted octanol–water partition coefficient (Wildman–Crippen LogP) is 1.16. The van der Waals surface area contributed by atoms with Crippen LogP contribution in [0.3, 0.4) is 0 Å². The molecule has 114 valence electrons. The van der Waals surface area contributed by atoms with E-state index >= 15 is 0 Å². The van der Waals surface area contributed by atoms with E-state index in [1.165, 1.54) is 18.4 Å². The Morgan fingerprint density at radius 1 is 1.24 bits per heavy atom. The molecule has 2 rings (SSSR count). The first kappa shape index (κ1) is 15.4. The van der Waals surface area contributed by atoms with Crippen LogP contribution in [0.2, 0.25) is 0 Å². The van der Waals surface area contributed by atoms with Crippen molar-refractivity contribution >= 4 is 15.7 Å². The van der Waals surface area contributed by atoms with E-state index in [1.807, 2.05) is 0 Å². The molecule has 0 saturated carbocycles. The lowest BCUT2D eigenvalue weighted by molar-refractivity contribution is -0.122. The van der Waals surface area contributed by atoms with Gasteiger partial charge in [-0.2, -0.15) is 0 Å². The Morgan fingerprint density at radius 3 is 2.43 bits per heavy atom. The van der Waals surface area contributed by atoms with Crippen molar-refractivity contribution in [2.24, 2.45) is 0 Å². The van der Waals surface area contributed by atoms with Crippen molar-refractivity contribution in [1.82, 2.24) is 5.32 Å². The number of carbonyl (C=O) groups excluding carboxylic acids is 1. The Labute approximate surface area is 123 Å². The smallest absolute Gasteiger partial charge is 0.290 e. The van der Waals surface area contributed by atoms with Crippen LogP contribution in [0, 0.1) is 0 Å². The molecular formula is C14H17NO5S. The van der Waals surface area contributed by atoms with Gasteiger partial charge in [0.05, 0.1) is 10.9 Å². The third-order valence-electron chi connectivity index (χ3n) is 3.03. The lowest BCUT2D eigenvalue weighted by Gasteiger charge is -2.18. The van der Waals surface area contributed by atoms with Crippen molar-refractivity contribution in [3.63, 3.8) is 0 Å². The van der Waals surface area contributed by atoms with Crippen molar-refractivity contribution in [3.05, 3.63) is 41.9 Å². The molecule has 0 spiro atoms. The summed E-state index contributed by atoms with van der Waals surface area (Å²) in [6.45, 7) is 2.58. The fraction of sp³-hybridized carbons (Fsp3) is 0.357. The first-order chi connectivity index (χ1) is 9.88. The van der Waals surface area contributed by atoms with Crippen molar-refractivity contribution in [3.8, 4) is 0 Å². The largest absolute Gasteiger partial charge is 0.494 e. The Morgan fingerprint density at radius 2 is 1.90 bits per heavy atom. The molecule has 1 atom stereocenters. The van der Waals surface area contributed by atoms with Crippen LogP contribution in [0.4, 0.5) is 0 Å². The fourth-order valence-corrected chi connectivity index (χ4v) is 2.47. The van der Waals surface area contributed by atoms with Crippen LogP contribution in [0.5, 0.6) is 0 Å². The summed E-state index contributed by atoms with van der Waals surface area (Å²) in [7, 11) is -3.22. The second-order valence-corrected chi connectivity index (χ2v) is 6.75. The van der Waals surface area contributed by atoms with Crippen LogP contribution in [-0.2, 0) is 24.1 Å². The van der Waals surface area contributed by atoms with E-state index < -0.39 is 9.84 Å². The Balaban J connectivity index is 2.04. The molecule has 1 amide bonds. The monoisotopic (exact) mass is 311 g/mol. The summed E-state index contributed by atoms with van der Waals surface area (Å²) < 4.78 is 33.0.